The Labute approximate surface area is 151 Å². The first-order valence-electron chi connectivity index (χ1n) is 8.82. The summed E-state index contributed by atoms with van der Waals surface area (Å²) in [6.07, 6.45) is 4.63. The van der Waals surface area contributed by atoms with Gasteiger partial charge in [0.05, 0.1) is 6.10 Å². The fourth-order valence-corrected chi connectivity index (χ4v) is 4.93. The molecular formula is C18H23N3O3S. The number of aromatic nitrogens is 2. The van der Waals surface area contributed by atoms with Crippen molar-refractivity contribution in [1.82, 2.24) is 14.7 Å². The van der Waals surface area contributed by atoms with E-state index < -0.39 is 5.97 Å². The molecule has 1 fully saturated rings. The van der Waals surface area contributed by atoms with Gasteiger partial charge in [-0.2, -0.15) is 5.10 Å². The monoisotopic (exact) mass is 361 g/mol. The number of aromatic carboxylic acids is 1. The first-order valence-corrected chi connectivity index (χ1v) is 9.64. The number of hydrogen-bond acceptors (Lipinski definition) is 5. The van der Waals surface area contributed by atoms with Crippen LogP contribution in [0.3, 0.4) is 0 Å². The molecule has 2 aromatic rings. The molecule has 0 amide bonds. The standard InChI is InChI=1S/C18H23N3O3S/c1-20-14-7-8-21(11-13(14)17(19-20)18(22)23)10-12-5-6-16(25-12)15-4-2-3-9-24-15/h5-6,15H,2-4,7-11H2,1H3,(H,22,23). The molecule has 0 saturated carbocycles. The lowest BCUT2D eigenvalue weighted by atomic mass is 10.0. The molecule has 0 aliphatic carbocycles. The van der Waals surface area contributed by atoms with Crippen molar-refractivity contribution in [3.05, 3.63) is 38.8 Å². The number of carboxylic acid groups (broad SMARTS) is 1. The van der Waals surface area contributed by atoms with Crippen LogP contribution < -0.4 is 0 Å². The zero-order valence-corrected chi connectivity index (χ0v) is 15.2. The van der Waals surface area contributed by atoms with Crippen LogP contribution in [0.1, 0.15) is 56.9 Å². The zero-order chi connectivity index (χ0) is 17.4. The van der Waals surface area contributed by atoms with Crippen molar-refractivity contribution in [2.75, 3.05) is 13.2 Å². The zero-order valence-electron chi connectivity index (χ0n) is 14.4. The Morgan fingerprint density at radius 3 is 3.08 bits per heavy atom. The van der Waals surface area contributed by atoms with Gasteiger partial charge in [-0.3, -0.25) is 9.58 Å². The number of carboxylic acids is 1. The maximum absolute atomic E-state index is 11.4. The SMILES string of the molecule is Cn1nc(C(=O)O)c2c1CCN(Cc1ccc(C3CCCCO3)s1)C2. The van der Waals surface area contributed by atoms with Gasteiger partial charge in [0, 0.05) is 60.7 Å². The maximum atomic E-state index is 11.4. The number of rotatable bonds is 4. The summed E-state index contributed by atoms with van der Waals surface area (Å²) in [5.74, 6) is -0.938. The molecule has 134 valence electrons. The number of thiophene rings is 1. The Bertz CT molecular complexity index is 777. The lowest BCUT2D eigenvalue weighted by Gasteiger charge is -2.26. The lowest BCUT2D eigenvalue weighted by Crippen LogP contribution is -2.30. The van der Waals surface area contributed by atoms with Crippen LogP contribution in [-0.2, 0) is 31.3 Å². The summed E-state index contributed by atoms with van der Waals surface area (Å²) in [5, 5.41) is 13.5. The highest BCUT2D eigenvalue weighted by molar-refractivity contribution is 7.12. The van der Waals surface area contributed by atoms with Crippen molar-refractivity contribution < 1.29 is 14.6 Å². The maximum Gasteiger partial charge on any atom is 0.356 e. The second-order valence-electron chi connectivity index (χ2n) is 6.82. The van der Waals surface area contributed by atoms with Crippen LogP contribution in [0.25, 0.3) is 0 Å². The highest BCUT2D eigenvalue weighted by Gasteiger charge is 2.27. The van der Waals surface area contributed by atoms with Crippen molar-refractivity contribution in [3.8, 4) is 0 Å². The topological polar surface area (TPSA) is 67.6 Å². The van der Waals surface area contributed by atoms with E-state index in [1.807, 2.05) is 18.4 Å². The van der Waals surface area contributed by atoms with Gasteiger partial charge in [-0.15, -0.1) is 11.3 Å². The molecule has 6 nitrogen and oxygen atoms in total. The first-order chi connectivity index (χ1) is 12.1. The van der Waals surface area contributed by atoms with Crippen LogP contribution in [0.4, 0.5) is 0 Å². The van der Waals surface area contributed by atoms with Gasteiger partial charge >= 0.3 is 5.97 Å². The lowest BCUT2D eigenvalue weighted by molar-refractivity contribution is 0.0172. The van der Waals surface area contributed by atoms with Gasteiger partial charge in [-0.1, -0.05) is 0 Å². The molecule has 1 unspecified atom stereocenters. The molecule has 0 radical (unpaired) electrons. The quantitative estimate of drug-likeness (QED) is 0.907. The normalized spacial score (nSPS) is 21.2. The molecule has 0 aromatic carbocycles. The Morgan fingerprint density at radius 1 is 1.44 bits per heavy atom. The molecule has 25 heavy (non-hydrogen) atoms. The summed E-state index contributed by atoms with van der Waals surface area (Å²) in [4.78, 5) is 16.4. The molecule has 1 atom stereocenters. The van der Waals surface area contributed by atoms with E-state index in [0.29, 0.717) is 6.54 Å². The molecular weight excluding hydrogens is 338 g/mol. The number of carbonyl (C=O) groups is 1. The minimum Gasteiger partial charge on any atom is -0.476 e. The number of aryl methyl sites for hydroxylation is 1. The van der Waals surface area contributed by atoms with Crippen LogP contribution >= 0.6 is 11.3 Å². The average Bonchev–Trinajstić information content (AvgIpc) is 3.21. The van der Waals surface area contributed by atoms with Gasteiger partial charge in [0.15, 0.2) is 5.69 Å². The summed E-state index contributed by atoms with van der Waals surface area (Å²) >= 11 is 1.83. The van der Waals surface area contributed by atoms with E-state index in [1.54, 1.807) is 4.68 Å². The van der Waals surface area contributed by atoms with E-state index in [-0.39, 0.29) is 11.8 Å². The molecule has 2 aliphatic heterocycles. The number of nitrogens with zero attached hydrogens (tertiary/aromatic N) is 3. The molecule has 7 heteroatoms. The fraction of sp³-hybridized carbons (Fsp3) is 0.556. The van der Waals surface area contributed by atoms with Gasteiger partial charge in [0.1, 0.15) is 0 Å². The van der Waals surface area contributed by atoms with Crippen molar-refractivity contribution >= 4 is 17.3 Å². The van der Waals surface area contributed by atoms with Gasteiger partial charge < -0.3 is 9.84 Å². The van der Waals surface area contributed by atoms with Crippen molar-refractivity contribution in [2.24, 2.45) is 7.05 Å². The van der Waals surface area contributed by atoms with Gasteiger partial charge in [0.25, 0.3) is 0 Å². The van der Waals surface area contributed by atoms with Crippen LogP contribution in [0.15, 0.2) is 12.1 Å². The molecule has 0 spiro atoms. The minimum atomic E-state index is -0.938. The third kappa shape index (κ3) is 3.36. The largest absolute Gasteiger partial charge is 0.476 e. The van der Waals surface area contributed by atoms with E-state index in [1.165, 1.54) is 22.6 Å². The van der Waals surface area contributed by atoms with Crippen molar-refractivity contribution in [1.29, 1.82) is 0 Å². The first kappa shape index (κ1) is 16.8. The molecule has 4 heterocycles. The van der Waals surface area contributed by atoms with Crippen LogP contribution in [0, 0.1) is 0 Å². The van der Waals surface area contributed by atoms with Gasteiger partial charge in [0.2, 0.25) is 0 Å². The van der Waals surface area contributed by atoms with Crippen LogP contribution in [0.5, 0.6) is 0 Å². The summed E-state index contributed by atoms with van der Waals surface area (Å²) in [7, 11) is 1.83. The van der Waals surface area contributed by atoms with Crippen LogP contribution in [-0.4, -0.2) is 38.9 Å². The average molecular weight is 361 g/mol. The number of hydrogen-bond donors (Lipinski definition) is 1. The van der Waals surface area contributed by atoms with E-state index in [9.17, 15) is 9.90 Å². The second-order valence-corrected chi connectivity index (χ2v) is 8.02. The van der Waals surface area contributed by atoms with Gasteiger partial charge in [-0.05, 0) is 31.4 Å². The molecule has 2 aromatic heterocycles. The van der Waals surface area contributed by atoms with Crippen LogP contribution in [0.2, 0.25) is 0 Å². The third-order valence-electron chi connectivity index (χ3n) is 5.08. The molecule has 4 rings (SSSR count). The summed E-state index contributed by atoms with van der Waals surface area (Å²) in [6, 6.07) is 4.38. The van der Waals surface area contributed by atoms with E-state index >= 15 is 0 Å². The Morgan fingerprint density at radius 2 is 2.32 bits per heavy atom. The fourth-order valence-electron chi connectivity index (χ4n) is 3.79. The summed E-state index contributed by atoms with van der Waals surface area (Å²) < 4.78 is 7.60. The second kappa shape index (κ2) is 6.90. The Kier molecular flexibility index (Phi) is 4.62. The highest BCUT2D eigenvalue weighted by atomic mass is 32.1. The van der Waals surface area contributed by atoms with E-state index in [2.05, 4.69) is 22.1 Å². The molecule has 2 aliphatic rings. The van der Waals surface area contributed by atoms with Gasteiger partial charge in [-0.25, -0.2) is 4.79 Å². The predicted octanol–water partition coefficient (Wildman–Crippen LogP) is 2.98. The Balaban J connectivity index is 1.46. The number of ether oxygens (including phenoxy) is 1. The number of fused-ring (bicyclic) bond motifs is 1. The Hall–Kier alpha value is -1.70. The highest BCUT2D eigenvalue weighted by Crippen LogP contribution is 2.33. The van der Waals surface area contributed by atoms with Crippen molar-refractivity contribution in [2.45, 2.75) is 44.9 Å². The van der Waals surface area contributed by atoms with E-state index in [4.69, 9.17) is 4.74 Å². The third-order valence-corrected chi connectivity index (χ3v) is 6.24. The predicted molar refractivity (Wildman–Crippen MR) is 94.8 cm³/mol. The minimum absolute atomic E-state index is 0.199. The van der Waals surface area contributed by atoms with E-state index in [0.717, 1.165) is 43.8 Å². The smallest absolute Gasteiger partial charge is 0.356 e. The molecule has 0 bridgehead atoms. The van der Waals surface area contributed by atoms with Crippen molar-refractivity contribution in [3.63, 3.8) is 0 Å². The summed E-state index contributed by atoms with van der Waals surface area (Å²) in [5.41, 5.74) is 2.12. The molecule has 1 saturated heterocycles. The summed E-state index contributed by atoms with van der Waals surface area (Å²) in [6.45, 7) is 3.30. The molecule has 1 N–H and O–H groups in total.